The van der Waals surface area contributed by atoms with Crippen LogP contribution in [0.15, 0.2) is 24.3 Å². The molecule has 0 saturated carbocycles. The van der Waals surface area contributed by atoms with E-state index >= 15 is 0 Å². The van der Waals surface area contributed by atoms with E-state index in [0.717, 1.165) is 25.9 Å². The Morgan fingerprint density at radius 2 is 2.19 bits per heavy atom. The Hall–Kier alpha value is -2.19. The summed E-state index contributed by atoms with van der Waals surface area (Å²) in [6, 6.07) is 4.92. The second-order valence-electron chi connectivity index (χ2n) is 6.18. The summed E-state index contributed by atoms with van der Waals surface area (Å²) < 4.78 is 0. The van der Waals surface area contributed by atoms with Crippen molar-refractivity contribution in [2.45, 2.75) is 38.8 Å². The van der Waals surface area contributed by atoms with Crippen molar-refractivity contribution in [3.63, 3.8) is 0 Å². The molecule has 26 heavy (non-hydrogen) atoms. The minimum Gasteiger partial charge on any atom is -0.341 e. The molecule has 9 heteroatoms. The predicted octanol–water partition coefficient (Wildman–Crippen LogP) is 1.74. The number of nitrogens with zero attached hydrogens (tertiary/aromatic N) is 2. The molecule has 1 aromatic rings. The summed E-state index contributed by atoms with van der Waals surface area (Å²) in [7, 11) is 0. The fourth-order valence-electron chi connectivity index (χ4n) is 2.97. The van der Waals surface area contributed by atoms with Crippen LogP contribution in [-0.2, 0) is 4.79 Å². The first kappa shape index (κ1) is 21.9. The molecule has 2 unspecified atom stereocenters. The number of carbonyl (C=O) groups is 2. The zero-order valence-electron chi connectivity index (χ0n) is 14.9. The molecule has 0 radical (unpaired) electrons. The molecular formula is C17H25ClN4O4. The molecule has 2 amide bonds. The average molecular weight is 385 g/mol. The Balaban J connectivity index is 0.00000338. The largest absolute Gasteiger partial charge is 0.341 e. The van der Waals surface area contributed by atoms with E-state index in [9.17, 15) is 19.7 Å². The van der Waals surface area contributed by atoms with Gasteiger partial charge < -0.3 is 15.5 Å². The summed E-state index contributed by atoms with van der Waals surface area (Å²) in [5.41, 5.74) is 0.00898. The molecule has 8 nitrogen and oxygen atoms in total. The van der Waals surface area contributed by atoms with Crippen molar-refractivity contribution in [3.05, 3.63) is 39.9 Å². The van der Waals surface area contributed by atoms with Crippen LogP contribution >= 0.6 is 12.4 Å². The lowest BCUT2D eigenvalue weighted by Gasteiger charge is -2.31. The van der Waals surface area contributed by atoms with E-state index in [-0.39, 0.29) is 35.6 Å². The fourth-order valence-corrected chi connectivity index (χ4v) is 2.97. The third-order valence-electron chi connectivity index (χ3n) is 4.26. The number of halogens is 1. The highest BCUT2D eigenvalue weighted by Gasteiger charge is 2.29. The second kappa shape index (κ2) is 10.1. The van der Waals surface area contributed by atoms with Gasteiger partial charge in [0.2, 0.25) is 5.91 Å². The summed E-state index contributed by atoms with van der Waals surface area (Å²) in [6.07, 6.45) is 1.74. The molecule has 0 spiro atoms. The lowest BCUT2D eigenvalue weighted by molar-refractivity contribution is -0.384. The Bertz CT molecular complexity index is 649. The maximum atomic E-state index is 12.7. The molecule has 2 rings (SSSR count). The van der Waals surface area contributed by atoms with Crippen molar-refractivity contribution in [2.75, 3.05) is 19.6 Å². The van der Waals surface area contributed by atoms with E-state index in [0.29, 0.717) is 6.54 Å². The molecule has 1 aliphatic heterocycles. The van der Waals surface area contributed by atoms with Gasteiger partial charge in [0, 0.05) is 36.8 Å². The van der Waals surface area contributed by atoms with Gasteiger partial charge in [0.15, 0.2) is 0 Å². The van der Waals surface area contributed by atoms with E-state index in [1.54, 1.807) is 6.92 Å². The number of nitro groups is 1. The van der Waals surface area contributed by atoms with Gasteiger partial charge in [0.1, 0.15) is 6.04 Å². The van der Waals surface area contributed by atoms with Crippen molar-refractivity contribution in [3.8, 4) is 0 Å². The van der Waals surface area contributed by atoms with Crippen LogP contribution in [0.1, 0.15) is 37.0 Å². The molecular weight excluding hydrogens is 360 g/mol. The van der Waals surface area contributed by atoms with Crippen molar-refractivity contribution >= 4 is 29.9 Å². The third-order valence-corrected chi connectivity index (χ3v) is 4.26. The molecule has 2 atom stereocenters. The molecule has 0 aliphatic carbocycles. The number of benzene rings is 1. The molecule has 1 aliphatic rings. The van der Waals surface area contributed by atoms with Crippen LogP contribution in [-0.4, -0.2) is 53.4 Å². The average Bonchev–Trinajstić information content (AvgIpc) is 3.13. The van der Waals surface area contributed by atoms with E-state index in [2.05, 4.69) is 10.6 Å². The van der Waals surface area contributed by atoms with Gasteiger partial charge in [-0.25, -0.2) is 0 Å². The quantitative estimate of drug-likeness (QED) is 0.550. The number of non-ortho nitro benzene ring substituents is 1. The van der Waals surface area contributed by atoms with Crippen molar-refractivity contribution < 1.29 is 14.5 Å². The highest BCUT2D eigenvalue weighted by molar-refractivity contribution is 5.97. The zero-order valence-corrected chi connectivity index (χ0v) is 15.8. The van der Waals surface area contributed by atoms with Gasteiger partial charge in [-0.15, -0.1) is 12.4 Å². The molecule has 0 bridgehead atoms. The number of carbonyl (C=O) groups excluding carboxylic acids is 2. The molecule has 1 aromatic carbocycles. The van der Waals surface area contributed by atoms with Crippen LogP contribution < -0.4 is 10.6 Å². The highest BCUT2D eigenvalue weighted by Crippen LogP contribution is 2.14. The van der Waals surface area contributed by atoms with E-state index in [4.69, 9.17) is 0 Å². The van der Waals surface area contributed by atoms with Gasteiger partial charge in [0.05, 0.1) is 4.92 Å². The molecule has 1 heterocycles. The van der Waals surface area contributed by atoms with Crippen LogP contribution in [0, 0.1) is 10.1 Å². The zero-order chi connectivity index (χ0) is 18.4. The lowest BCUT2D eigenvalue weighted by Crippen LogP contribution is -2.51. The topological polar surface area (TPSA) is 105 Å². The molecule has 1 fully saturated rings. The van der Waals surface area contributed by atoms with Gasteiger partial charge in [0.25, 0.3) is 11.6 Å². The Kier molecular flexibility index (Phi) is 8.47. The summed E-state index contributed by atoms with van der Waals surface area (Å²) in [5.74, 6) is -0.625. The number of nitrogens with one attached hydrogen (secondary N) is 2. The predicted molar refractivity (Wildman–Crippen MR) is 101 cm³/mol. The summed E-state index contributed by atoms with van der Waals surface area (Å²) in [4.78, 5) is 37.1. The van der Waals surface area contributed by atoms with Crippen molar-refractivity contribution in [1.29, 1.82) is 0 Å². The van der Waals surface area contributed by atoms with Crippen LogP contribution in [0.5, 0.6) is 0 Å². The number of nitro benzene ring substituents is 1. The summed E-state index contributed by atoms with van der Waals surface area (Å²) >= 11 is 0. The number of rotatable bonds is 7. The maximum Gasteiger partial charge on any atom is 0.270 e. The van der Waals surface area contributed by atoms with Gasteiger partial charge in [-0.05, 0) is 32.4 Å². The molecule has 0 aromatic heterocycles. The minimum absolute atomic E-state index is 0. The third kappa shape index (κ3) is 5.40. The molecule has 2 N–H and O–H groups in total. The van der Waals surface area contributed by atoms with Gasteiger partial charge in [-0.3, -0.25) is 19.7 Å². The van der Waals surface area contributed by atoms with Gasteiger partial charge in [-0.2, -0.15) is 0 Å². The monoisotopic (exact) mass is 384 g/mol. The Labute approximate surface area is 158 Å². The number of hydrogen-bond donors (Lipinski definition) is 2. The molecule has 1 saturated heterocycles. The minimum atomic E-state index is -0.695. The van der Waals surface area contributed by atoms with Crippen molar-refractivity contribution in [1.82, 2.24) is 15.5 Å². The first-order chi connectivity index (χ1) is 11.9. The van der Waals surface area contributed by atoms with Gasteiger partial charge in [-0.1, -0.05) is 13.0 Å². The summed E-state index contributed by atoms with van der Waals surface area (Å²) in [6.45, 7) is 5.93. The van der Waals surface area contributed by atoms with E-state index < -0.39 is 16.9 Å². The van der Waals surface area contributed by atoms with Crippen LogP contribution in [0.2, 0.25) is 0 Å². The smallest absolute Gasteiger partial charge is 0.270 e. The van der Waals surface area contributed by atoms with E-state index in [1.165, 1.54) is 24.3 Å². The van der Waals surface area contributed by atoms with Crippen LogP contribution in [0.25, 0.3) is 0 Å². The first-order valence-electron chi connectivity index (χ1n) is 8.50. The lowest BCUT2D eigenvalue weighted by atomic mass is 10.1. The highest BCUT2D eigenvalue weighted by atomic mass is 35.5. The Morgan fingerprint density at radius 3 is 2.77 bits per heavy atom. The Morgan fingerprint density at radius 1 is 1.46 bits per heavy atom. The van der Waals surface area contributed by atoms with Crippen LogP contribution in [0.4, 0.5) is 5.69 Å². The fraction of sp³-hybridized carbons (Fsp3) is 0.529. The molecule has 144 valence electrons. The summed E-state index contributed by atoms with van der Waals surface area (Å²) in [5, 5.41) is 16.7. The normalized spacial score (nSPS) is 17.1. The SMILES string of the molecule is CCCN(C(=O)C(C)NC(=O)c1cccc([N+](=O)[O-])c1)C1CCNC1.Cl. The first-order valence-corrected chi connectivity index (χ1v) is 8.50. The van der Waals surface area contributed by atoms with E-state index in [1.807, 2.05) is 11.8 Å². The number of hydrogen-bond acceptors (Lipinski definition) is 5. The standard InChI is InChI=1S/C17H24N4O4.ClH/c1-3-9-20(15-7-8-18-11-15)17(23)12(2)19-16(22)13-5-4-6-14(10-13)21(24)25;/h4-6,10,12,15,18H,3,7-9,11H2,1-2H3,(H,19,22);1H. The van der Waals surface area contributed by atoms with Gasteiger partial charge >= 0.3 is 0 Å². The number of amides is 2. The van der Waals surface area contributed by atoms with Crippen LogP contribution in [0.3, 0.4) is 0 Å². The van der Waals surface area contributed by atoms with Crippen molar-refractivity contribution in [2.24, 2.45) is 0 Å². The maximum absolute atomic E-state index is 12.7. The second-order valence-corrected chi connectivity index (χ2v) is 6.18.